The fraction of sp³-hybridized carbons (Fsp3) is 0.583. The van der Waals surface area contributed by atoms with Crippen LogP contribution in [0.15, 0.2) is 6.33 Å². The number of rotatable bonds is 2. The molecular formula is C12H19N7. The third-order valence-electron chi connectivity index (χ3n) is 3.71. The number of imidazole rings is 1. The third kappa shape index (κ3) is 2.21. The summed E-state index contributed by atoms with van der Waals surface area (Å²) in [6, 6.07) is 0.544. The summed E-state index contributed by atoms with van der Waals surface area (Å²) in [5.41, 5.74) is 7.27. The van der Waals surface area contributed by atoms with Gasteiger partial charge in [-0.3, -0.25) is 0 Å². The summed E-state index contributed by atoms with van der Waals surface area (Å²) in [4.78, 5) is 20.3. The van der Waals surface area contributed by atoms with E-state index in [2.05, 4.69) is 43.8 Å². The molecule has 1 saturated heterocycles. The van der Waals surface area contributed by atoms with Gasteiger partial charge in [0.15, 0.2) is 11.5 Å². The Hall–Kier alpha value is -1.89. The molecule has 2 aromatic rings. The summed E-state index contributed by atoms with van der Waals surface area (Å²) in [5, 5.41) is 0. The minimum Gasteiger partial charge on any atom is -0.368 e. The van der Waals surface area contributed by atoms with E-state index in [-0.39, 0.29) is 5.95 Å². The van der Waals surface area contributed by atoms with Crippen molar-refractivity contribution in [1.82, 2.24) is 24.8 Å². The molecule has 1 atom stereocenters. The molecule has 0 aromatic carbocycles. The van der Waals surface area contributed by atoms with E-state index in [0.717, 1.165) is 30.8 Å². The maximum Gasteiger partial charge on any atom is 0.224 e. The number of likely N-dealkylation sites (N-methyl/N-ethyl adjacent to an activating group) is 1. The number of piperidine rings is 1. The molecule has 1 aliphatic rings. The molecule has 19 heavy (non-hydrogen) atoms. The predicted molar refractivity (Wildman–Crippen MR) is 75.0 cm³/mol. The van der Waals surface area contributed by atoms with Crippen molar-refractivity contribution in [3.8, 4) is 0 Å². The first kappa shape index (κ1) is 12.2. The number of nitrogen functional groups attached to an aromatic ring is 1. The van der Waals surface area contributed by atoms with Gasteiger partial charge in [-0.15, -0.1) is 0 Å². The zero-order valence-electron chi connectivity index (χ0n) is 11.3. The quantitative estimate of drug-likeness (QED) is 0.817. The number of H-pyrrole nitrogens is 1. The van der Waals surface area contributed by atoms with Crippen LogP contribution in [0.2, 0.25) is 0 Å². The van der Waals surface area contributed by atoms with Gasteiger partial charge in [0.25, 0.3) is 0 Å². The molecule has 0 spiro atoms. The summed E-state index contributed by atoms with van der Waals surface area (Å²) >= 11 is 0. The normalized spacial score (nSPS) is 20.4. The van der Waals surface area contributed by atoms with Gasteiger partial charge in [0.2, 0.25) is 5.95 Å². The molecule has 102 valence electrons. The maximum atomic E-state index is 5.77. The Morgan fingerprint density at radius 3 is 3.05 bits per heavy atom. The van der Waals surface area contributed by atoms with E-state index in [1.807, 2.05) is 0 Å². The number of nitrogens with two attached hydrogens (primary N) is 1. The van der Waals surface area contributed by atoms with Crippen LogP contribution in [-0.4, -0.2) is 58.1 Å². The largest absolute Gasteiger partial charge is 0.368 e. The molecule has 3 rings (SSSR count). The van der Waals surface area contributed by atoms with E-state index in [1.165, 1.54) is 6.42 Å². The zero-order valence-corrected chi connectivity index (χ0v) is 11.3. The van der Waals surface area contributed by atoms with Crippen molar-refractivity contribution in [2.75, 3.05) is 37.8 Å². The van der Waals surface area contributed by atoms with Crippen molar-refractivity contribution in [3.63, 3.8) is 0 Å². The Balaban J connectivity index is 1.97. The molecule has 0 amide bonds. The third-order valence-corrected chi connectivity index (χ3v) is 3.71. The summed E-state index contributed by atoms with van der Waals surface area (Å²) in [7, 11) is 4.24. The molecule has 1 aliphatic heterocycles. The van der Waals surface area contributed by atoms with Crippen LogP contribution in [0.3, 0.4) is 0 Å². The Bertz CT molecular complexity index is 576. The summed E-state index contributed by atoms with van der Waals surface area (Å²) < 4.78 is 0. The second kappa shape index (κ2) is 4.65. The topological polar surface area (TPSA) is 87.0 Å². The summed E-state index contributed by atoms with van der Waals surface area (Å²) in [5.74, 6) is 1.15. The van der Waals surface area contributed by atoms with Crippen molar-refractivity contribution in [2.45, 2.75) is 18.9 Å². The van der Waals surface area contributed by atoms with Crippen molar-refractivity contribution in [3.05, 3.63) is 6.33 Å². The SMILES string of the molecule is CN(C)C1CCCN(c2nc(N)nc3nc[nH]c23)C1. The van der Waals surface area contributed by atoms with Gasteiger partial charge in [-0.05, 0) is 26.9 Å². The lowest BCUT2D eigenvalue weighted by molar-refractivity contribution is 0.257. The Kier molecular flexibility index (Phi) is 2.98. The Morgan fingerprint density at radius 1 is 1.42 bits per heavy atom. The zero-order chi connectivity index (χ0) is 13.4. The van der Waals surface area contributed by atoms with Crippen LogP contribution < -0.4 is 10.6 Å². The lowest BCUT2D eigenvalue weighted by Gasteiger charge is -2.36. The molecule has 3 heterocycles. The number of nitrogens with one attached hydrogen (secondary N) is 1. The van der Waals surface area contributed by atoms with E-state index < -0.39 is 0 Å². The molecular weight excluding hydrogens is 242 g/mol. The van der Waals surface area contributed by atoms with Gasteiger partial charge in [0.1, 0.15) is 5.52 Å². The van der Waals surface area contributed by atoms with Gasteiger partial charge in [0.05, 0.1) is 6.33 Å². The first-order chi connectivity index (χ1) is 9.15. The van der Waals surface area contributed by atoms with Gasteiger partial charge in [-0.2, -0.15) is 9.97 Å². The molecule has 7 heteroatoms. The van der Waals surface area contributed by atoms with E-state index in [1.54, 1.807) is 6.33 Å². The average Bonchev–Trinajstić information content (AvgIpc) is 2.85. The van der Waals surface area contributed by atoms with E-state index in [4.69, 9.17) is 5.73 Å². The molecule has 0 bridgehead atoms. The number of hydrogen-bond donors (Lipinski definition) is 2. The van der Waals surface area contributed by atoms with E-state index in [9.17, 15) is 0 Å². The van der Waals surface area contributed by atoms with Crippen molar-refractivity contribution >= 4 is 22.9 Å². The number of anilines is 2. The predicted octanol–water partition coefficient (Wildman–Crippen LogP) is 0.465. The Morgan fingerprint density at radius 2 is 2.26 bits per heavy atom. The van der Waals surface area contributed by atoms with Gasteiger partial charge < -0.3 is 20.5 Å². The number of aromatic amines is 1. The first-order valence-corrected chi connectivity index (χ1v) is 6.53. The van der Waals surface area contributed by atoms with Crippen LogP contribution in [0, 0.1) is 0 Å². The molecule has 0 aliphatic carbocycles. The highest BCUT2D eigenvalue weighted by molar-refractivity contribution is 5.84. The molecule has 0 radical (unpaired) electrons. The van der Waals surface area contributed by atoms with Crippen molar-refractivity contribution in [1.29, 1.82) is 0 Å². The molecule has 7 nitrogen and oxygen atoms in total. The fourth-order valence-electron chi connectivity index (χ4n) is 2.63. The molecule has 1 fully saturated rings. The minimum absolute atomic E-state index is 0.279. The molecule has 3 N–H and O–H groups in total. The van der Waals surface area contributed by atoms with Crippen LogP contribution in [-0.2, 0) is 0 Å². The number of fused-ring (bicyclic) bond motifs is 1. The van der Waals surface area contributed by atoms with Crippen LogP contribution in [0.5, 0.6) is 0 Å². The second-order valence-corrected chi connectivity index (χ2v) is 5.21. The minimum atomic E-state index is 0.279. The Labute approximate surface area is 111 Å². The average molecular weight is 261 g/mol. The fourth-order valence-corrected chi connectivity index (χ4v) is 2.63. The smallest absolute Gasteiger partial charge is 0.224 e. The van der Waals surface area contributed by atoms with Crippen LogP contribution in [0.4, 0.5) is 11.8 Å². The first-order valence-electron chi connectivity index (χ1n) is 6.53. The maximum absolute atomic E-state index is 5.77. The lowest BCUT2D eigenvalue weighted by atomic mass is 10.0. The second-order valence-electron chi connectivity index (χ2n) is 5.21. The highest BCUT2D eigenvalue weighted by Gasteiger charge is 2.24. The van der Waals surface area contributed by atoms with Gasteiger partial charge in [-0.25, -0.2) is 4.98 Å². The highest BCUT2D eigenvalue weighted by atomic mass is 15.3. The number of aromatic nitrogens is 4. The summed E-state index contributed by atoms with van der Waals surface area (Å²) in [6.45, 7) is 1.95. The monoisotopic (exact) mass is 261 g/mol. The number of nitrogens with zero attached hydrogens (tertiary/aromatic N) is 5. The lowest BCUT2D eigenvalue weighted by Crippen LogP contribution is -2.45. The van der Waals surface area contributed by atoms with Crippen molar-refractivity contribution in [2.24, 2.45) is 0 Å². The van der Waals surface area contributed by atoms with Gasteiger partial charge in [-0.1, -0.05) is 0 Å². The van der Waals surface area contributed by atoms with Gasteiger partial charge in [0, 0.05) is 19.1 Å². The van der Waals surface area contributed by atoms with Crippen LogP contribution >= 0.6 is 0 Å². The van der Waals surface area contributed by atoms with Crippen LogP contribution in [0.25, 0.3) is 11.2 Å². The van der Waals surface area contributed by atoms with E-state index >= 15 is 0 Å². The van der Waals surface area contributed by atoms with Crippen molar-refractivity contribution < 1.29 is 0 Å². The molecule has 1 unspecified atom stereocenters. The number of hydrogen-bond acceptors (Lipinski definition) is 6. The highest BCUT2D eigenvalue weighted by Crippen LogP contribution is 2.25. The molecule has 2 aromatic heterocycles. The van der Waals surface area contributed by atoms with E-state index in [0.29, 0.717) is 11.7 Å². The standard InChI is InChI=1S/C12H19N7/c1-18(2)8-4-3-5-19(6-8)11-9-10(15-7-14-9)16-12(13)17-11/h7-8H,3-6H2,1-2H3,(H3,13,14,15,16,17). The van der Waals surface area contributed by atoms with Crippen LogP contribution in [0.1, 0.15) is 12.8 Å². The summed E-state index contributed by atoms with van der Waals surface area (Å²) in [6.07, 6.45) is 4.01. The molecule has 0 saturated carbocycles. The van der Waals surface area contributed by atoms with Gasteiger partial charge >= 0.3 is 0 Å².